The molecule has 0 amide bonds. The molecule has 0 aromatic carbocycles. The molecule has 0 atom stereocenters. The van der Waals surface area contributed by atoms with Crippen LogP contribution < -0.4 is 10.3 Å². The fourth-order valence-corrected chi connectivity index (χ4v) is 3.40. The molecule has 0 fully saturated rings. The summed E-state index contributed by atoms with van der Waals surface area (Å²) in [6.45, 7) is 3.58. The van der Waals surface area contributed by atoms with Gasteiger partial charge in [-0.2, -0.15) is 9.36 Å². The summed E-state index contributed by atoms with van der Waals surface area (Å²) < 4.78 is 10.8. The Bertz CT molecular complexity index is 1060. The Balaban J connectivity index is 2.37. The van der Waals surface area contributed by atoms with Crippen molar-refractivity contribution in [3.8, 4) is 5.13 Å². The fourth-order valence-electron chi connectivity index (χ4n) is 2.44. The summed E-state index contributed by atoms with van der Waals surface area (Å²) in [4.78, 5) is 35.6. The molecule has 3 aromatic rings. The van der Waals surface area contributed by atoms with Gasteiger partial charge in [0.15, 0.2) is 5.65 Å². The molecule has 0 N–H and O–H groups in total. The lowest BCUT2D eigenvalue weighted by atomic mass is 10.1. The Labute approximate surface area is 158 Å². The fraction of sp³-hybridized carbons (Fsp3) is 0.312. The number of hydrogen-bond acceptors (Lipinski definition) is 8. The zero-order chi connectivity index (χ0) is 19.0. The first-order chi connectivity index (χ1) is 12.3. The van der Waals surface area contributed by atoms with Crippen molar-refractivity contribution in [1.82, 2.24) is 18.9 Å². The third-order valence-electron chi connectivity index (χ3n) is 3.63. The van der Waals surface area contributed by atoms with Gasteiger partial charge < -0.3 is 9.64 Å². The van der Waals surface area contributed by atoms with Gasteiger partial charge in [0.05, 0.1) is 12.0 Å². The van der Waals surface area contributed by atoms with Crippen molar-refractivity contribution >= 4 is 46.1 Å². The molecule has 0 unspecified atom stereocenters. The predicted molar refractivity (Wildman–Crippen MR) is 101 cm³/mol. The maximum absolute atomic E-state index is 12.8. The van der Waals surface area contributed by atoms with E-state index in [9.17, 15) is 9.59 Å². The van der Waals surface area contributed by atoms with E-state index in [1.807, 2.05) is 14.1 Å². The monoisotopic (exact) mass is 393 g/mol. The lowest BCUT2D eigenvalue weighted by molar-refractivity contribution is 0.0524. The average molecular weight is 394 g/mol. The van der Waals surface area contributed by atoms with Crippen LogP contribution in [0.5, 0.6) is 0 Å². The van der Waals surface area contributed by atoms with E-state index in [-0.39, 0.29) is 17.3 Å². The molecule has 3 heterocycles. The number of halogens is 1. The minimum absolute atomic E-state index is 0.0897. The summed E-state index contributed by atoms with van der Waals surface area (Å²) in [6.07, 6.45) is 1.38. The highest BCUT2D eigenvalue weighted by Crippen LogP contribution is 2.24. The number of esters is 1. The summed E-state index contributed by atoms with van der Waals surface area (Å²) in [5.74, 6) is -0.187. The van der Waals surface area contributed by atoms with Crippen molar-refractivity contribution in [2.75, 3.05) is 25.6 Å². The van der Waals surface area contributed by atoms with Crippen LogP contribution in [0.4, 0.5) is 5.95 Å². The number of anilines is 1. The SMILES string of the molecule is CCOC(=O)c1cn(-c2nc(N(C)C)ns2)c2nc(Cl)cc(C)c2c1=O. The Morgan fingerprint density at radius 2 is 2.12 bits per heavy atom. The molecule has 0 spiro atoms. The first-order valence-electron chi connectivity index (χ1n) is 7.74. The van der Waals surface area contributed by atoms with Gasteiger partial charge in [0, 0.05) is 31.8 Å². The molecule has 0 aliphatic carbocycles. The number of carbonyl (C=O) groups excluding carboxylic acids is 1. The van der Waals surface area contributed by atoms with Crippen molar-refractivity contribution < 1.29 is 9.53 Å². The minimum Gasteiger partial charge on any atom is -0.462 e. The smallest absolute Gasteiger partial charge is 0.343 e. The summed E-state index contributed by atoms with van der Waals surface area (Å²) in [5.41, 5.74) is 0.388. The summed E-state index contributed by atoms with van der Waals surface area (Å²) in [5, 5.41) is 0.990. The van der Waals surface area contributed by atoms with E-state index in [0.29, 0.717) is 27.7 Å². The number of aryl methyl sites for hydroxylation is 1. The molecule has 136 valence electrons. The van der Waals surface area contributed by atoms with Crippen molar-refractivity contribution in [1.29, 1.82) is 0 Å². The van der Waals surface area contributed by atoms with E-state index in [1.54, 1.807) is 29.4 Å². The lowest BCUT2D eigenvalue weighted by Crippen LogP contribution is -2.21. The summed E-state index contributed by atoms with van der Waals surface area (Å²) in [7, 11) is 3.64. The second-order valence-electron chi connectivity index (χ2n) is 5.69. The van der Waals surface area contributed by atoms with Gasteiger partial charge in [-0.1, -0.05) is 11.6 Å². The van der Waals surface area contributed by atoms with Crippen LogP contribution in [-0.2, 0) is 4.74 Å². The number of hydrogen-bond donors (Lipinski definition) is 0. The Morgan fingerprint density at radius 3 is 2.73 bits per heavy atom. The number of carbonyl (C=O) groups is 1. The van der Waals surface area contributed by atoms with E-state index in [2.05, 4.69) is 14.3 Å². The second kappa shape index (κ2) is 7.00. The van der Waals surface area contributed by atoms with E-state index in [4.69, 9.17) is 16.3 Å². The van der Waals surface area contributed by atoms with E-state index in [1.165, 1.54) is 6.20 Å². The highest BCUT2D eigenvalue weighted by molar-refractivity contribution is 7.08. The molecule has 0 bridgehead atoms. The molecular formula is C16H16ClN5O3S. The van der Waals surface area contributed by atoms with Crippen LogP contribution in [0.3, 0.4) is 0 Å². The molecule has 26 heavy (non-hydrogen) atoms. The summed E-state index contributed by atoms with van der Waals surface area (Å²) in [6, 6.07) is 1.58. The predicted octanol–water partition coefficient (Wildman–Crippen LogP) is 2.44. The van der Waals surface area contributed by atoms with Crippen LogP contribution in [0.2, 0.25) is 5.15 Å². The molecule has 0 aliphatic heterocycles. The molecule has 3 aromatic heterocycles. The molecule has 0 saturated carbocycles. The number of rotatable bonds is 4. The third kappa shape index (κ3) is 3.15. The third-order valence-corrected chi connectivity index (χ3v) is 4.53. The van der Waals surface area contributed by atoms with E-state index >= 15 is 0 Å². The highest BCUT2D eigenvalue weighted by Gasteiger charge is 2.21. The minimum atomic E-state index is -0.695. The van der Waals surface area contributed by atoms with Crippen LogP contribution >= 0.6 is 23.1 Å². The number of nitrogens with zero attached hydrogens (tertiary/aromatic N) is 5. The van der Waals surface area contributed by atoms with Crippen LogP contribution in [0.1, 0.15) is 22.8 Å². The van der Waals surface area contributed by atoms with Gasteiger partial charge in [-0.05, 0) is 25.5 Å². The Morgan fingerprint density at radius 1 is 1.38 bits per heavy atom. The van der Waals surface area contributed by atoms with Crippen molar-refractivity contribution in [3.63, 3.8) is 0 Å². The summed E-state index contributed by atoms with van der Waals surface area (Å²) >= 11 is 7.20. The van der Waals surface area contributed by atoms with E-state index < -0.39 is 11.4 Å². The van der Waals surface area contributed by atoms with Gasteiger partial charge in [-0.3, -0.25) is 9.36 Å². The first-order valence-corrected chi connectivity index (χ1v) is 8.89. The number of fused-ring (bicyclic) bond motifs is 1. The van der Waals surface area contributed by atoms with Crippen molar-refractivity contribution in [2.24, 2.45) is 0 Å². The van der Waals surface area contributed by atoms with Gasteiger partial charge in [0.1, 0.15) is 10.7 Å². The molecule has 0 aliphatic rings. The Kier molecular flexibility index (Phi) is 4.92. The molecule has 10 heteroatoms. The van der Waals surface area contributed by atoms with Crippen molar-refractivity contribution in [3.05, 3.63) is 38.8 Å². The molecule has 8 nitrogen and oxygen atoms in total. The van der Waals surface area contributed by atoms with Crippen molar-refractivity contribution in [2.45, 2.75) is 13.8 Å². The average Bonchev–Trinajstić information content (AvgIpc) is 3.04. The van der Waals surface area contributed by atoms with Gasteiger partial charge in [-0.15, -0.1) is 0 Å². The van der Waals surface area contributed by atoms with Crippen LogP contribution in [0, 0.1) is 6.92 Å². The molecule has 0 saturated heterocycles. The lowest BCUT2D eigenvalue weighted by Gasteiger charge is -2.11. The normalized spacial score (nSPS) is 11.0. The topological polar surface area (TPSA) is 90.2 Å². The van der Waals surface area contributed by atoms with Crippen LogP contribution in [-0.4, -0.2) is 45.6 Å². The Hall–Kier alpha value is -2.52. The number of pyridine rings is 2. The second-order valence-corrected chi connectivity index (χ2v) is 6.81. The van der Waals surface area contributed by atoms with Gasteiger partial charge in [0.2, 0.25) is 16.5 Å². The maximum atomic E-state index is 12.8. The highest BCUT2D eigenvalue weighted by atomic mass is 35.5. The quantitative estimate of drug-likeness (QED) is 0.496. The number of ether oxygens (including phenoxy) is 1. The zero-order valence-electron chi connectivity index (χ0n) is 14.6. The van der Waals surface area contributed by atoms with E-state index in [0.717, 1.165) is 11.5 Å². The first kappa shape index (κ1) is 18.3. The largest absolute Gasteiger partial charge is 0.462 e. The zero-order valence-corrected chi connectivity index (χ0v) is 16.2. The van der Waals surface area contributed by atoms with Crippen LogP contribution in [0.15, 0.2) is 17.1 Å². The maximum Gasteiger partial charge on any atom is 0.343 e. The van der Waals surface area contributed by atoms with Crippen LogP contribution in [0.25, 0.3) is 16.2 Å². The van der Waals surface area contributed by atoms with Gasteiger partial charge in [0.25, 0.3) is 0 Å². The standard InChI is InChI=1S/C16H16ClN5O3S/c1-5-25-14(24)9-7-22(16-19-15(20-26-16)21(3)4)13-11(12(9)23)8(2)6-10(17)18-13/h6-7H,5H2,1-4H3. The van der Waals surface area contributed by atoms with Gasteiger partial charge >= 0.3 is 5.97 Å². The number of aromatic nitrogens is 4. The molecular weight excluding hydrogens is 378 g/mol. The molecule has 3 rings (SSSR count). The molecule has 0 radical (unpaired) electrons. The van der Waals surface area contributed by atoms with Gasteiger partial charge in [-0.25, -0.2) is 9.78 Å².